The number of aliphatic hydroxyl groups excluding tert-OH is 1. The molecule has 0 radical (unpaired) electrons. The van der Waals surface area contributed by atoms with Crippen molar-refractivity contribution in [2.75, 3.05) is 0 Å². The molecule has 1 fully saturated rings. The second kappa shape index (κ2) is 3.12. The van der Waals surface area contributed by atoms with Crippen molar-refractivity contribution in [3.8, 4) is 0 Å². The molecule has 0 amide bonds. The average Bonchev–Trinajstić information content (AvgIpc) is 2.83. The smallest absolute Gasteiger partial charge is 0.140 e. The molecular weight excluding hydrogens is 168 g/mol. The lowest BCUT2D eigenvalue weighted by atomic mass is 10.1. The van der Waals surface area contributed by atoms with Crippen LogP contribution in [0.25, 0.3) is 0 Å². The maximum atomic E-state index is 9.57. The monoisotopic (exact) mass is 182 g/mol. The zero-order chi connectivity index (χ0) is 9.42. The first-order chi connectivity index (χ1) is 6.18. The van der Waals surface area contributed by atoms with Gasteiger partial charge < -0.3 is 15.4 Å². The summed E-state index contributed by atoms with van der Waals surface area (Å²) < 4.78 is 5.09. The van der Waals surface area contributed by atoms with Gasteiger partial charge in [-0.2, -0.15) is 0 Å². The fourth-order valence-electron chi connectivity index (χ4n) is 1.27. The normalized spacial score (nSPS) is 21.5. The van der Waals surface area contributed by atoms with Gasteiger partial charge >= 0.3 is 0 Å². The second-order valence-electron chi connectivity index (χ2n) is 3.73. The largest absolute Gasteiger partial charge is 0.385 e. The van der Waals surface area contributed by atoms with Gasteiger partial charge in [-0.1, -0.05) is 5.16 Å². The van der Waals surface area contributed by atoms with Gasteiger partial charge in [-0.15, -0.1) is 0 Å². The van der Waals surface area contributed by atoms with Gasteiger partial charge in [0.1, 0.15) is 17.6 Å². The van der Waals surface area contributed by atoms with Gasteiger partial charge in [0, 0.05) is 18.0 Å². The minimum atomic E-state index is -0.712. The van der Waals surface area contributed by atoms with Gasteiger partial charge in [-0.3, -0.25) is 0 Å². The molecule has 1 heterocycles. The topological polar surface area (TPSA) is 72.3 Å². The quantitative estimate of drug-likeness (QED) is 0.729. The summed E-state index contributed by atoms with van der Waals surface area (Å²) in [4.78, 5) is 0. The van der Waals surface area contributed by atoms with Crippen LogP contribution in [0.1, 0.15) is 43.2 Å². The lowest BCUT2D eigenvalue weighted by Gasteiger charge is -2.09. The number of nitrogens with zero attached hydrogens (tertiary/aromatic N) is 1. The van der Waals surface area contributed by atoms with Crippen LogP contribution in [0.4, 0.5) is 0 Å². The minimum absolute atomic E-state index is 0.308. The molecule has 4 nitrogen and oxygen atoms in total. The van der Waals surface area contributed by atoms with Crippen LogP contribution in [0.15, 0.2) is 10.6 Å². The van der Waals surface area contributed by atoms with E-state index >= 15 is 0 Å². The van der Waals surface area contributed by atoms with Gasteiger partial charge in [0.25, 0.3) is 0 Å². The Morgan fingerprint density at radius 1 is 1.69 bits per heavy atom. The molecule has 0 aliphatic heterocycles. The fraction of sp³-hybridized carbons (Fsp3) is 0.667. The van der Waals surface area contributed by atoms with Crippen LogP contribution < -0.4 is 5.73 Å². The molecule has 0 bridgehead atoms. The first-order valence-corrected chi connectivity index (χ1v) is 4.58. The molecule has 1 aromatic rings. The highest BCUT2D eigenvalue weighted by Crippen LogP contribution is 2.40. The van der Waals surface area contributed by atoms with Crippen LogP contribution in [0.3, 0.4) is 0 Å². The molecule has 0 spiro atoms. The second-order valence-corrected chi connectivity index (χ2v) is 3.73. The molecule has 2 rings (SSSR count). The number of aromatic nitrogens is 1. The van der Waals surface area contributed by atoms with Crippen molar-refractivity contribution < 1.29 is 9.63 Å². The minimum Gasteiger partial charge on any atom is -0.385 e. The van der Waals surface area contributed by atoms with Crippen molar-refractivity contribution in [3.05, 3.63) is 17.5 Å². The van der Waals surface area contributed by atoms with E-state index in [2.05, 4.69) is 5.16 Å². The number of aliphatic hydroxyl groups is 1. The molecule has 0 saturated heterocycles. The Kier molecular flexibility index (Phi) is 2.09. The van der Waals surface area contributed by atoms with Crippen LogP contribution in [-0.2, 0) is 0 Å². The Hall–Kier alpha value is -0.870. The summed E-state index contributed by atoms with van der Waals surface area (Å²) >= 11 is 0. The summed E-state index contributed by atoms with van der Waals surface area (Å²) in [6.07, 6.45) is 1.63. The molecular formula is C9H14N2O2. The van der Waals surface area contributed by atoms with Crippen molar-refractivity contribution in [2.45, 2.75) is 37.8 Å². The molecule has 13 heavy (non-hydrogen) atoms. The summed E-state index contributed by atoms with van der Waals surface area (Å²) in [5, 5.41) is 13.4. The molecule has 1 aromatic heterocycles. The van der Waals surface area contributed by atoms with Crippen LogP contribution in [0.2, 0.25) is 0 Å². The van der Waals surface area contributed by atoms with Crippen LogP contribution >= 0.6 is 0 Å². The van der Waals surface area contributed by atoms with E-state index in [4.69, 9.17) is 10.3 Å². The molecule has 72 valence electrons. The molecule has 2 atom stereocenters. The third-order valence-electron chi connectivity index (χ3n) is 2.33. The van der Waals surface area contributed by atoms with E-state index in [0.29, 0.717) is 11.6 Å². The maximum absolute atomic E-state index is 9.57. The van der Waals surface area contributed by atoms with Crippen molar-refractivity contribution >= 4 is 0 Å². The fourth-order valence-corrected chi connectivity index (χ4v) is 1.27. The van der Waals surface area contributed by atoms with Gasteiger partial charge in [-0.25, -0.2) is 0 Å². The highest BCUT2D eigenvalue weighted by molar-refractivity contribution is 5.16. The molecule has 2 unspecified atom stereocenters. The van der Waals surface area contributed by atoms with E-state index < -0.39 is 6.10 Å². The summed E-state index contributed by atoms with van der Waals surface area (Å²) in [6.45, 7) is 1.75. The predicted octanol–water partition coefficient (Wildman–Crippen LogP) is 0.933. The van der Waals surface area contributed by atoms with E-state index in [1.807, 2.05) is 6.07 Å². The molecule has 3 N–H and O–H groups in total. The van der Waals surface area contributed by atoms with Crippen molar-refractivity contribution in [1.29, 1.82) is 0 Å². The zero-order valence-electron chi connectivity index (χ0n) is 7.60. The number of nitrogens with two attached hydrogens (primary N) is 1. The van der Waals surface area contributed by atoms with E-state index in [1.54, 1.807) is 6.92 Å². The van der Waals surface area contributed by atoms with Crippen molar-refractivity contribution in [3.63, 3.8) is 0 Å². The Labute approximate surface area is 76.7 Å². The average molecular weight is 182 g/mol. The summed E-state index contributed by atoms with van der Waals surface area (Å²) in [5.74, 6) is 1.41. The SMILES string of the molecule is CC(N)C(O)c1cc(C2CC2)on1. The van der Waals surface area contributed by atoms with Gasteiger partial charge in [0.05, 0.1) is 0 Å². The number of rotatable bonds is 3. The van der Waals surface area contributed by atoms with E-state index in [-0.39, 0.29) is 6.04 Å². The first-order valence-electron chi connectivity index (χ1n) is 4.58. The van der Waals surface area contributed by atoms with Crippen molar-refractivity contribution in [1.82, 2.24) is 5.16 Å². The number of hydrogen-bond acceptors (Lipinski definition) is 4. The Morgan fingerprint density at radius 2 is 2.38 bits per heavy atom. The van der Waals surface area contributed by atoms with E-state index in [0.717, 1.165) is 5.76 Å². The van der Waals surface area contributed by atoms with Crippen LogP contribution in [0, 0.1) is 0 Å². The van der Waals surface area contributed by atoms with E-state index in [1.165, 1.54) is 12.8 Å². The van der Waals surface area contributed by atoms with Crippen molar-refractivity contribution in [2.24, 2.45) is 5.73 Å². The highest BCUT2D eigenvalue weighted by atomic mass is 16.5. The van der Waals surface area contributed by atoms with Gasteiger partial charge in [-0.05, 0) is 19.8 Å². The predicted molar refractivity (Wildman–Crippen MR) is 47.1 cm³/mol. The molecule has 1 aliphatic rings. The number of hydrogen-bond donors (Lipinski definition) is 2. The maximum Gasteiger partial charge on any atom is 0.140 e. The summed E-state index contributed by atoms with van der Waals surface area (Å²) in [7, 11) is 0. The first kappa shape index (κ1) is 8.72. The molecule has 1 aliphatic carbocycles. The lowest BCUT2D eigenvalue weighted by molar-refractivity contribution is 0.143. The summed E-state index contributed by atoms with van der Waals surface area (Å²) in [5.41, 5.74) is 6.09. The molecule has 4 heteroatoms. The third kappa shape index (κ3) is 1.73. The Bertz CT molecular complexity index is 292. The summed E-state index contributed by atoms with van der Waals surface area (Å²) in [6, 6.07) is 1.50. The van der Waals surface area contributed by atoms with Crippen LogP contribution in [-0.4, -0.2) is 16.3 Å². The highest BCUT2D eigenvalue weighted by Gasteiger charge is 2.29. The Balaban J connectivity index is 2.11. The Morgan fingerprint density at radius 3 is 2.92 bits per heavy atom. The van der Waals surface area contributed by atoms with Gasteiger partial charge in [0.2, 0.25) is 0 Å². The third-order valence-corrected chi connectivity index (χ3v) is 2.33. The molecule has 0 aromatic carbocycles. The zero-order valence-corrected chi connectivity index (χ0v) is 7.60. The van der Waals surface area contributed by atoms with Crippen LogP contribution in [0.5, 0.6) is 0 Å². The standard InChI is InChI=1S/C9H14N2O2/c1-5(10)9(12)7-4-8(13-11-7)6-2-3-6/h4-6,9,12H,2-3,10H2,1H3. The van der Waals surface area contributed by atoms with Gasteiger partial charge in [0.15, 0.2) is 0 Å². The lowest BCUT2D eigenvalue weighted by Crippen LogP contribution is -2.24. The van der Waals surface area contributed by atoms with E-state index in [9.17, 15) is 5.11 Å². The molecule has 1 saturated carbocycles.